The number of hydrogen-bond donors (Lipinski definition) is 3. The van der Waals surface area contributed by atoms with Gasteiger partial charge in [-0.25, -0.2) is 0 Å². The van der Waals surface area contributed by atoms with Gasteiger partial charge < -0.3 is 20.9 Å². The lowest BCUT2D eigenvalue weighted by atomic mass is 9.95. The Labute approximate surface area is 252 Å². The lowest BCUT2D eigenvalue weighted by molar-refractivity contribution is -0.151. The second-order valence-corrected chi connectivity index (χ2v) is 11.3. The minimum Gasteiger partial charge on any atom is -0.350 e. The molecule has 2 aromatic rings. The third kappa shape index (κ3) is 9.32. The van der Waals surface area contributed by atoms with Crippen LogP contribution >= 0.6 is 34.2 Å². The average Bonchev–Trinajstić information content (AvgIpc) is 3.08. The molecule has 1 saturated heterocycles. The molecule has 1 aliphatic heterocycles. The van der Waals surface area contributed by atoms with Crippen molar-refractivity contribution in [2.75, 3.05) is 26.2 Å². The first-order valence-electron chi connectivity index (χ1n) is 13.6. The highest BCUT2D eigenvalue weighted by Crippen LogP contribution is 2.24. The first kappa shape index (κ1) is 32.6. The Morgan fingerprint density at radius 3 is 2.58 bits per heavy atom. The maximum absolute atomic E-state index is 13.6. The van der Waals surface area contributed by atoms with Crippen LogP contribution in [0.5, 0.6) is 0 Å². The molecule has 40 heavy (non-hydrogen) atoms. The molecule has 6 nitrogen and oxygen atoms in total. The number of alkyl halides is 4. The predicted molar refractivity (Wildman–Crippen MR) is 161 cm³/mol. The number of carbonyl (C=O) groups excluding carboxylic acids is 2. The molecule has 2 amide bonds. The van der Waals surface area contributed by atoms with Crippen LogP contribution in [-0.4, -0.2) is 67.2 Å². The summed E-state index contributed by atoms with van der Waals surface area (Å²) in [4.78, 5) is 28.3. The third-order valence-corrected chi connectivity index (χ3v) is 8.52. The van der Waals surface area contributed by atoms with Gasteiger partial charge in [-0.1, -0.05) is 77.5 Å². The standard InChI is InChI=1S/C29H37ClF3IN4O2/c1-3-20(21-7-5-4-6-8-21)18-38-14-12-24(17-36-27(39)22-9-10-23(16-34)25(30)15-22)37-26(28(38)40)11-13-35-19(2)29(31,32)33/h4-10,15,19-20,24,26,35,37H,3,11-14,16-18H2,1-2H3,(H,36,39)/t19?,20-,24+,26+/m1/s1. The van der Waals surface area contributed by atoms with Crippen LogP contribution in [0.15, 0.2) is 48.5 Å². The van der Waals surface area contributed by atoms with Gasteiger partial charge in [-0.2, -0.15) is 13.2 Å². The van der Waals surface area contributed by atoms with Crippen molar-refractivity contribution in [2.45, 2.75) is 67.8 Å². The summed E-state index contributed by atoms with van der Waals surface area (Å²) in [7, 11) is 0. The van der Waals surface area contributed by atoms with E-state index in [0.717, 1.165) is 28.9 Å². The Morgan fingerprint density at radius 1 is 1.23 bits per heavy atom. The molecule has 0 radical (unpaired) electrons. The molecule has 0 saturated carbocycles. The molecule has 220 valence electrons. The van der Waals surface area contributed by atoms with Crippen molar-refractivity contribution in [3.8, 4) is 0 Å². The number of hydrogen-bond acceptors (Lipinski definition) is 4. The van der Waals surface area contributed by atoms with Gasteiger partial charge >= 0.3 is 6.18 Å². The normalized spacial score (nSPS) is 19.7. The van der Waals surface area contributed by atoms with E-state index in [0.29, 0.717) is 30.1 Å². The summed E-state index contributed by atoms with van der Waals surface area (Å²) in [5.74, 6) is -0.269. The van der Waals surface area contributed by atoms with Gasteiger partial charge in [0.2, 0.25) is 5.91 Å². The zero-order valence-electron chi connectivity index (χ0n) is 22.7. The van der Waals surface area contributed by atoms with Gasteiger partial charge in [0.25, 0.3) is 5.91 Å². The highest BCUT2D eigenvalue weighted by molar-refractivity contribution is 14.1. The lowest BCUT2D eigenvalue weighted by Gasteiger charge is -2.29. The molecule has 1 fully saturated rings. The van der Waals surface area contributed by atoms with Crippen molar-refractivity contribution >= 4 is 46.0 Å². The van der Waals surface area contributed by atoms with Crippen molar-refractivity contribution < 1.29 is 22.8 Å². The summed E-state index contributed by atoms with van der Waals surface area (Å²) in [6.07, 6.45) is -2.74. The van der Waals surface area contributed by atoms with Crippen LogP contribution in [0.4, 0.5) is 13.2 Å². The van der Waals surface area contributed by atoms with Gasteiger partial charge in [0.15, 0.2) is 0 Å². The summed E-state index contributed by atoms with van der Waals surface area (Å²) in [6, 6.07) is 12.6. The molecule has 3 N–H and O–H groups in total. The molecule has 11 heteroatoms. The Kier molecular flexibility index (Phi) is 12.5. The average molecular weight is 693 g/mol. The van der Waals surface area contributed by atoms with Crippen LogP contribution in [0, 0.1) is 0 Å². The molecule has 1 unspecified atom stereocenters. The van der Waals surface area contributed by atoms with Gasteiger partial charge in [-0.3, -0.25) is 9.59 Å². The van der Waals surface area contributed by atoms with Crippen molar-refractivity contribution in [2.24, 2.45) is 0 Å². The first-order valence-corrected chi connectivity index (χ1v) is 15.5. The lowest BCUT2D eigenvalue weighted by Crippen LogP contribution is -2.51. The van der Waals surface area contributed by atoms with Crippen LogP contribution in [-0.2, 0) is 9.22 Å². The van der Waals surface area contributed by atoms with E-state index in [4.69, 9.17) is 11.6 Å². The molecule has 1 heterocycles. The van der Waals surface area contributed by atoms with Crippen molar-refractivity contribution in [3.63, 3.8) is 0 Å². The summed E-state index contributed by atoms with van der Waals surface area (Å²) in [5, 5.41) is 9.26. The van der Waals surface area contributed by atoms with E-state index in [2.05, 4.69) is 45.5 Å². The smallest absolute Gasteiger partial charge is 0.350 e. The summed E-state index contributed by atoms with van der Waals surface area (Å²) in [5.41, 5.74) is 2.53. The van der Waals surface area contributed by atoms with Crippen molar-refractivity contribution in [1.29, 1.82) is 0 Å². The first-order chi connectivity index (χ1) is 19.0. The van der Waals surface area contributed by atoms with Gasteiger partial charge in [-0.05, 0) is 56.0 Å². The van der Waals surface area contributed by atoms with Crippen molar-refractivity contribution in [3.05, 3.63) is 70.2 Å². The Hall–Kier alpha value is -1.89. The second kappa shape index (κ2) is 15.4. The zero-order valence-corrected chi connectivity index (χ0v) is 25.7. The van der Waals surface area contributed by atoms with E-state index in [-0.39, 0.29) is 43.3 Å². The van der Waals surface area contributed by atoms with Crippen LogP contribution in [0.2, 0.25) is 5.02 Å². The maximum Gasteiger partial charge on any atom is 0.403 e. The fourth-order valence-corrected chi connectivity index (χ4v) is 5.90. The third-order valence-electron chi connectivity index (χ3n) is 7.34. The number of amides is 2. The number of nitrogens with zero attached hydrogens (tertiary/aromatic N) is 1. The topological polar surface area (TPSA) is 73.5 Å². The second-order valence-electron chi connectivity index (χ2n) is 10.2. The van der Waals surface area contributed by atoms with E-state index in [9.17, 15) is 22.8 Å². The van der Waals surface area contributed by atoms with E-state index in [1.54, 1.807) is 12.1 Å². The molecule has 0 aromatic heterocycles. The maximum atomic E-state index is 13.6. The predicted octanol–water partition coefficient (Wildman–Crippen LogP) is 5.69. The molecular weight excluding hydrogens is 656 g/mol. The number of carbonyl (C=O) groups is 2. The number of rotatable bonds is 12. The Bertz CT molecular complexity index is 1120. The van der Waals surface area contributed by atoms with Gasteiger partial charge in [0, 0.05) is 46.6 Å². The molecule has 3 rings (SSSR count). The van der Waals surface area contributed by atoms with Crippen LogP contribution in [0.1, 0.15) is 60.5 Å². The van der Waals surface area contributed by atoms with Gasteiger partial charge in [0.05, 0.1) is 6.04 Å². The quantitative estimate of drug-likeness (QED) is 0.198. The zero-order chi connectivity index (χ0) is 29.3. The van der Waals surface area contributed by atoms with Crippen LogP contribution < -0.4 is 16.0 Å². The number of benzene rings is 2. The summed E-state index contributed by atoms with van der Waals surface area (Å²) >= 11 is 8.48. The molecule has 0 aliphatic carbocycles. The minimum atomic E-state index is -4.36. The molecule has 2 aromatic carbocycles. The Balaban J connectivity index is 1.70. The van der Waals surface area contributed by atoms with E-state index < -0.39 is 18.3 Å². The summed E-state index contributed by atoms with van der Waals surface area (Å²) in [6.45, 7) is 4.44. The number of halogens is 5. The number of nitrogens with one attached hydrogen (secondary N) is 3. The Morgan fingerprint density at radius 2 is 1.95 bits per heavy atom. The summed E-state index contributed by atoms with van der Waals surface area (Å²) < 4.78 is 39.7. The van der Waals surface area contributed by atoms with E-state index in [1.165, 1.54) is 0 Å². The van der Waals surface area contributed by atoms with Crippen LogP contribution in [0.25, 0.3) is 0 Å². The van der Waals surface area contributed by atoms with E-state index in [1.807, 2.05) is 41.3 Å². The molecular formula is C29H37ClF3IN4O2. The van der Waals surface area contributed by atoms with E-state index >= 15 is 0 Å². The SMILES string of the molecule is CC[C@H](CN1CC[C@@H](CNC(=O)c2ccc(CI)c(Cl)c2)N[C@@H](CCNC(C)C(F)(F)F)C1=O)c1ccccc1. The minimum absolute atomic E-state index is 0.0224. The monoisotopic (exact) mass is 692 g/mol. The highest BCUT2D eigenvalue weighted by Gasteiger charge is 2.36. The molecule has 1 aliphatic rings. The molecule has 0 bridgehead atoms. The highest BCUT2D eigenvalue weighted by atomic mass is 127. The van der Waals surface area contributed by atoms with Gasteiger partial charge in [-0.15, -0.1) is 0 Å². The molecule has 4 atom stereocenters. The van der Waals surface area contributed by atoms with Crippen molar-refractivity contribution in [1.82, 2.24) is 20.9 Å². The largest absolute Gasteiger partial charge is 0.403 e. The fourth-order valence-electron chi connectivity index (χ4n) is 4.77. The van der Waals surface area contributed by atoms with Crippen LogP contribution in [0.3, 0.4) is 0 Å². The fraction of sp³-hybridized carbons (Fsp3) is 0.517. The van der Waals surface area contributed by atoms with Gasteiger partial charge in [0.1, 0.15) is 6.04 Å². The molecule has 0 spiro atoms.